The fourth-order valence-corrected chi connectivity index (χ4v) is 2.30. The predicted molar refractivity (Wildman–Crippen MR) is 71.4 cm³/mol. The van der Waals surface area contributed by atoms with Crippen LogP contribution >= 0.6 is 0 Å². The lowest BCUT2D eigenvalue weighted by Crippen LogP contribution is -2.44. The average molecular weight is 229 g/mol. The second kappa shape index (κ2) is 5.05. The van der Waals surface area contributed by atoms with Gasteiger partial charge in [-0.15, -0.1) is 0 Å². The van der Waals surface area contributed by atoms with Gasteiger partial charge >= 0.3 is 0 Å². The monoisotopic (exact) mass is 229 g/mol. The van der Waals surface area contributed by atoms with Gasteiger partial charge in [0, 0.05) is 6.04 Å². The molecule has 0 spiro atoms. The largest absolute Gasteiger partial charge is 0.390 e. The first-order valence-corrected chi connectivity index (χ1v) is 6.38. The summed E-state index contributed by atoms with van der Waals surface area (Å²) in [7, 11) is 0. The molecule has 2 heteroatoms. The molecule has 98 valence electrons. The van der Waals surface area contributed by atoms with E-state index in [1.165, 1.54) is 0 Å². The van der Waals surface area contributed by atoms with Gasteiger partial charge in [0.15, 0.2) is 0 Å². The van der Waals surface area contributed by atoms with Gasteiger partial charge in [-0.3, -0.25) is 0 Å². The zero-order valence-electron chi connectivity index (χ0n) is 12.2. The normalized spacial score (nSPS) is 16.3. The van der Waals surface area contributed by atoms with Gasteiger partial charge in [-0.05, 0) is 37.5 Å². The molecule has 1 unspecified atom stereocenters. The van der Waals surface area contributed by atoms with E-state index in [4.69, 9.17) is 5.73 Å². The average Bonchev–Trinajstić information content (AvgIpc) is 1.99. The standard InChI is InChI=1S/C14H31NO/c1-8-12(2,3)10-13(4,5)11(15)9-14(6,7)16/h11,16H,8-10,15H2,1-7H3. The molecule has 0 heterocycles. The van der Waals surface area contributed by atoms with E-state index in [1.54, 1.807) is 0 Å². The van der Waals surface area contributed by atoms with Crippen LogP contribution in [-0.2, 0) is 0 Å². The molecule has 0 radical (unpaired) electrons. The Labute approximate surface area is 102 Å². The Balaban J connectivity index is 4.54. The van der Waals surface area contributed by atoms with E-state index in [0.29, 0.717) is 11.8 Å². The van der Waals surface area contributed by atoms with Crippen LogP contribution in [0.15, 0.2) is 0 Å². The summed E-state index contributed by atoms with van der Waals surface area (Å²) < 4.78 is 0. The minimum absolute atomic E-state index is 0.0401. The molecule has 0 aliphatic carbocycles. The predicted octanol–water partition coefficient (Wildman–Crippen LogP) is 3.33. The molecule has 0 amide bonds. The second-order valence-corrected chi connectivity index (χ2v) is 7.31. The van der Waals surface area contributed by atoms with Gasteiger partial charge in [0.25, 0.3) is 0 Å². The van der Waals surface area contributed by atoms with E-state index in [2.05, 4.69) is 34.6 Å². The first-order valence-electron chi connectivity index (χ1n) is 6.38. The fraction of sp³-hybridized carbons (Fsp3) is 1.00. The molecule has 0 aromatic carbocycles. The van der Waals surface area contributed by atoms with Crippen molar-refractivity contribution >= 4 is 0 Å². The van der Waals surface area contributed by atoms with Crippen LogP contribution in [0.25, 0.3) is 0 Å². The SMILES string of the molecule is CCC(C)(C)CC(C)(C)C(N)CC(C)(C)O. The Kier molecular flexibility index (Phi) is 5.03. The molecule has 0 fully saturated rings. The van der Waals surface area contributed by atoms with Crippen molar-refractivity contribution in [2.45, 2.75) is 79.4 Å². The summed E-state index contributed by atoms with van der Waals surface area (Å²) in [4.78, 5) is 0. The Bertz CT molecular complexity index is 213. The molecule has 0 aromatic heterocycles. The van der Waals surface area contributed by atoms with Gasteiger partial charge < -0.3 is 10.8 Å². The van der Waals surface area contributed by atoms with Crippen LogP contribution in [0.1, 0.15) is 67.7 Å². The summed E-state index contributed by atoms with van der Waals surface area (Å²) in [5, 5.41) is 9.83. The molecule has 0 saturated heterocycles. The van der Waals surface area contributed by atoms with Gasteiger partial charge in [0.2, 0.25) is 0 Å². The summed E-state index contributed by atoms with van der Waals surface area (Å²) in [6, 6.07) is 0.0401. The van der Waals surface area contributed by atoms with Gasteiger partial charge in [-0.1, -0.05) is 41.0 Å². The highest BCUT2D eigenvalue weighted by atomic mass is 16.3. The second-order valence-electron chi connectivity index (χ2n) is 7.31. The highest BCUT2D eigenvalue weighted by molar-refractivity contribution is 4.89. The maximum Gasteiger partial charge on any atom is 0.0606 e. The molecule has 3 N–H and O–H groups in total. The lowest BCUT2D eigenvalue weighted by Gasteiger charge is -2.40. The number of rotatable bonds is 6. The summed E-state index contributed by atoms with van der Waals surface area (Å²) in [5.74, 6) is 0. The topological polar surface area (TPSA) is 46.2 Å². The maximum absolute atomic E-state index is 9.83. The van der Waals surface area contributed by atoms with Crippen LogP contribution < -0.4 is 5.73 Å². The molecule has 16 heavy (non-hydrogen) atoms. The van der Waals surface area contributed by atoms with Crippen LogP contribution in [0.5, 0.6) is 0 Å². The van der Waals surface area contributed by atoms with Crippen LogP contribution in [0.3, 0.4) is 0 Å². The molecule has 0 aliphatic rings. The number of hydrogen-bond acceptors (Lipinski definition) is 2. The molecule has 1 atom stereocenters. The van der Waals surface area contributed by atoms with Crippen molar-refractivity contribution in [2.75, 3.05) is 0 Å². The van der Waals surface area contributed by atoms with E-state index in [0.717, 1.165) is 12.8 Å². The van der Waals surface area contributed by atoms with Crippen LogP contribution in [0, 0.1) is 10.8 Å². The van der Waals surface area contributed by atoms with Gasteiger partial charge in [0.05, 0.1) is 5.60 Å². The minimum atomic E-state index is -0.674. The van der Waals surface area contributed by atoms with E-state index in [9.17, 15) is 5.11 Å². The molecular weight excluding hydrogens is 198 g/mol. The lowest BCUT2D eigenvalue weighted by atomic mass is 9.68. The fourth-order valence-electron chi connectivity index (χ4n) is 2.30. The zero-order chi connectivity index (χ0) is 13.2. The molecular formula is C14H31NO. The van der Waals surface area contributed by atoms with Crippen molar-refractivity contribution in [2.24, 2.45) is 16.6 Å². The van der Waals surface area contributed by atoms with E-state index in [-0.39, 0.29) is 11.5 Å². The van der Waals surface area contributed by atoms with Gasteiger partial charge in [-0.2, -0.15) is 0 Å². The molecule has 0 rings (SSSR count). The molecule has 0 aromatic rings. The first kappa shape index (κ1) is 15.9. The summed E-state index contributed by atoms with van der Waals surface area (Å²) in [5.41, 5.74) is 5.96. The summed E-state index contributed by atoms with van der Waals surface area (Å²) >= 11 is 0. The number of nitrogens with two attached hydrogens (primary N) is 1. The molecule has 0 saturated carbocycles. The third-order valence-electron chi connectivity index (χ3n) is 3.61. The first-order chi connectivity index (χ1) is 6.90. The van der Waals surface area contributed by atoms with Crippen LogP contribution in [0.2, 0.25) is 0 Å². The highest BCUT2D eigenvalue weighted by Gasteiger charge is 2.34. The van der Waals surface area contributed by atoms with Crippen molar-refractivity contribution < 1.29 is 5.11 Å². The van der Waals surface area contributed by atoms with E-state index >= 15 is 0 Å². The van der Waals surface area contributed by atoms with Crippen molar-refractivity contribution in [3.8, 4) is 0 Å². The Morgan fingerprint density at radius 3 is 1.81 bits per heavy atom. The van der Waals surface area contributed by atoms with Gasteiger partial charge in [0.1, 0.15) is 0 Å². The van der Waals surface area contributed by atoms with E-state index in [1.807, 2.05) is 13.8 Å². The zero-order valence-corrected chi connectivity index (χ0v) is 12.2. The molecule has 2 nitrogen and oxygen atoms in total. The van der Waals surface area contributed by atoms with Crippen LogP contribution in [-0.4, -0.2) is 16.7 Å². The van der Waals surface area contributed by atoms with Crippen LogP contribution in [0.4, 0.5) is 0 Å². The van der Waals surface area contributed by atoms with Crippen molar-refractivity contribution in [3.05, 3.63) is 0 Å². The number of hydrogen-bond donors (Lipinski definition) is 2. The third kappa shape index (κ3) is 5.86. The number of aliphatic hydroxyl groups is 1. The minimum Gasteiger partial charge on any atom is -0.390 e. The summed E-state index contributed by atoms with van der Waals surface area (Å²) in [6.07, 6.45) is 2.90. The lowest BCUT2D eigenvalue weighted by molar-refractivity contribution is 0.0371. The van der Waals surface area contributed by atoms with Crippen molar-refractivity contribution in [1.29, 1.82) is 0 Å². The van der Waals surface area contributed by atoms with E-state index < -0.39 is 5.60 Å². The molecule has 0 aliphatic heterocycles. The Hall–Kier alpha value is -0.0800. The Morgan fingerprint density at radius 2 is 1.50 bits per heavy atom. The Morgan fingerprint density at radius 1 is 1.06 bits per heavy atom. The smallest absolute Gasteiger partial charge is 0.0606 e. The highest BCUT2D eigenvalue weighted by Crippen LogP contribution is 2.39. The maximum atomic E-state index is 9.83. The van der Waals surface area contributed by atoms with Crippen molar-refractivity contribution in [1.82, 2.24) is 0 Å². The quantitative estimate of drug-likeness (QED) is 0.734. The summed E-state index contributed by atoms with van der Waals surface area (Å²) in [6.45, 7) is 14.9. The molecule has 0 bridgehead atoms. The van der Waals surface area contributed by atoms with Crippen molar-refractivity contribution in [3.63, 3.8) is 0 Å². The van der Waals surface area contributed by atoms with Gasteiger partial charge in [-0.25, -0.2) is 0 Å². The third-order valence-corrected chi connectivity index (χ3v) is 3.61.